The van der Waals surface area contributed by atoms with Gasteiger partial charge in [-0.05, 0) is 12.1 Å². The molecule has 9 heteroatoms. The first-order valence-corrected chi connectivity index (χ1v) is 5.82. The summed E-state index contributed by atoms with van der Waals surface area (Å²) in [5, 5.41) is 14.3. The molecular formula is C11H5Cl2F3N4. The van der Waals surface area contributed by atoms with E-state index in [1.165, 1.54) is 0 Å². The number of aromatic amines is 1. The molecule has 4 nitrogen and oxygen atoms in total. The summed E-state index contributed by atoms with van der Waals surface area (Å²) in [6, 6.07) is 3.19. The van der Waals surface area contributed by atoms with Crippen LogP contribution < -0.4 is 5.73 Å². The first-order chi connectivity index (χ1) is 9.25. The third-order valence-electron chi connectivity index (χ3n) is 2.52. The van der Waals surface area contributed by atoms with Gasteiger partial charge in [-0.15, -0.1) is 0 Å². The maximum absolute atomic E-state index is 12.6. The Morgan fingerprint density at radius 2 is 1.75 bits per heavy atom. The fraction of sp³-hybridized carbons (Fsp3) is 0.0909. The molecule has 0 aliphatic carbocycles. The van der Waals surface area contributed by atoms with Crippen LogP contribution in [0.25, 0.3) is 11.1 Å². The number of benzene rings is 1. The predicted molar refractivity (Wildman–Crippen MR) is 68.2 cm³/mol. The Kier molecular flexibility index (Phi) is 3.54. The molecule has 0 spiro atoms. The largest absolute Gasteiger partial charge is 0.416 e. The lowest BCUT2D eigenvalue weighted by atomic mass is 10.0. The summed E-state index contributed by atoms with van der Waals surface area (Å²) < 4.78 is 37.9. The molecule has 1 aromatic carbocycles. The highest BCUT2D eigenvalue weighted by atomic mass is 35.5. The smallest absolute Gasteiger partial charge is 0.384 e. The zero-order valence-corrected chi connectivity index (χ0v) is 11.0. The van der Waals surface area contributed by atoms with Crippen LogP contribution in [0.5, 0.6) is 0 Å². The number of hydrogen-bond donors (Lipinski definition) is 2. The molecule has 0 bridgehead atoms. The quantitative estimate of drug-likeness (QED) is 0.837. The Morgan fingerprint density at radius 3 is 2.20 bits per heavy atom. The summed E-state index contributed by atoms with van der Waals surface area (Å²) in [6.07, 6.45) is -4.58. The molecule has 3 N–H and O–H groups in total. The van der Waals surface area contributed by atoms with Gasteiger partial charge in [0.2, 0.25) is 0 Å². The summed E-state index contributed by atoms with van der Waals surface area (Å²) in [4.78, 5) is 0. The van der Waals surface area contributed by atoms with Gasteiger partial charge in [-0.2, -0.15) is 23.5 Å². The van der Waals surface area contributed by atoms with E-state index in [4.69, 9.17) is 34.2 Å². The summed E-state index contributed by atoms with van der Waals surface area (Å²) in [6.45, 7) is 0. The van der Waals surface area contributed by atoms with E-state index in [-0.39, 0.29) is 32.7 Å². The van der Waals surface area contributed by atoms with Gasteiger partial charge in [0, 0.05) is 5.56 Å². The van der Waals surface area contributed by atoms with Gasteiger partial charge in [-0.3, -0.25) is 5.10 Å². The van der Waals surface area contributed by atoms with E-state index in [9.17, 15) is 13.2 Å². The summed E-state index contributed by atoms with van der Waals surface area (Å²) in [7, 11) is 0. The number of anilines is 1. The van der Waals surface area contributed by atoms with Crippen LogP contribution >= 0.6 is 23.2 Å². The van der Waals surface area contributed by atoms with E-state index in [1.807, 2.05) is 0 Å². The zero-order chi connectivity index (χ0) is 15.1. The highest BCUT2D eigenvalue weighted by Gasteiger charge is 2.32. The molecular weight excluding hydrogens is 316 g/mol. The van der Waals surface area contributed by atoms with E-state index >= 15 is 0 Å². The van der Waals surface area contributed by atoms with Crippen LogP contribution in [-0.4, -0.2) is 10.2 Å². The van der Waals surface area contributed by atoms with E-state index in [0.717, 1.165) is 12.1 Å². The van der Waals surface area contributed by atoms with Gasteiger partial charge < -0.3 is 5.73 Å². The number of nitrogens with one attached hydrogen (secondary N) is 1. The minimum atomic E-state index is -4.58. The minimum Gasteiger partial charge on any atom is -0.384 e. The Bertz CT molecular complexity index is 692. The molecule has 0 radical (unpaired) electrons. The molecule has 1 heterocycles. The number of aromatic nitrogens is 2. The van der Waals surface area contributed by atoms with Gasteiger partial charge in [-0.1, -0.05) is 23.2 Å². The molecule has 2 rings (SSSR count). The lowest BCUT2D eigenvalue weighted by Crippen LogP contribution is -2.05. The second-order valence-electron chi connectivity index (χ2n) is 3.79. The molecule has 0 fully saturated rings. The number of H-pyrrole nitrogens is 1. The number of rotatable bonds is 1. The van der Waals surface area contributed by atoms with E-state index < -0.39 is 11.7 Å². The van der Waals surface area contributed by atoms with Crippen LogP contribution in [-0.2, 0) is 6.18 Å². The molecule has 0 unspecified atom stereocenters. The number of alkyl halides is 3. The lowest BCUT2D eigenvalue weighted by molar-refractivity contribution is -0.137. The van der Waals surface area contributed by atoms with Crippen molar-refractivity contribution in [2.45, 2.75) is 6.18 Å². The predicted octanol–water partition coefficient (Wildman–Crippen LogP) is 3.86. The van der Waals surface area contributed by atoms with Gasteiger partial charge >= 0.3 is 6.18 Å². The van der Waals surface area contributed by atoms with Crippen molar-refractivity contribution in [3.63, 3.8) is 0 Å². The van der Waals surface area contributed by atoms with Crippen molar-refractivity contribution in [3.8, 4) is 17.2 Å². The molecule has 0 atom stereocenters. The van der Waals surface area contributed by atoms with Crippen LogP contribution in [0.3, 0.4) is 0 Å². The summed E-state index contributed by atoms with van der Waals surface area (Å²) in [5.74, 6) is -0.00916. The van der Waals surface area contributed by atoms with Gasteiger partial charge in [-0.25, -0.2) is 0 Å². The van der Waals surface area contributed by atoms with Crippen molar-refractivity contribution >= 4 is 29.0 Å². The van der Waals surface area contributed by atoms with Crippen molar-refractivity contribution in [2.75, 3.05) is 5.73 Å². The fourth-order valence-electron chi connectivity index (χ4n) is 1.67. The van der Waals surface area contributed by atoms with Crippen molar-refractivity contribution in [2.24, 2.45) is 0 Å². The van der Waals surface area contributed by atoms with E-state index in [1.54, 1.807) is 6.07 Å². The maximum atomic E-state index is 12.6. The Balaban J connectivity index is 2.72. The number of halogens is 5. The van der Waals surface area contributed by atoms with Crippen LogP contribution in [0.2, 0.25) is 10.0 Å². The zero-order valence-electron chi connectivity index (χ0n) is 9.52. The standard InChI is InChI=1S/C11H5Cl2F3N4/c12-5-1-4(11(14,15)16)2-6(13)8(5)9-7(3-17)19-20-10(9)18/h1-2H,(H3,18,19,20). The number of hydrogen-bond acceptors (Lipinski definition) is 3. The molecule has 0 amide bonds. The monoisotopic (exact) mass is 320 g/mol. The van der Waals surface area contributed by atoms with Crippen LogP contribution in [0.15, 0.2) is 12.1 Å². The molecule has 0 aliphatic rings. The van der Waals surface area contributed by atoms with Crippen LogP contribution in [0, 0.1) is 11.3 Å². The summed E-state index contributed by atoms with van der Waals surface area (Å²) >= 11 is 11.7. The Morgan fingerprint density at radius 1 is 1.20 bits per heavy atom. The van der Waals surface area contributed by atoms with Crippen LogP contribution in [0.4, 0.5) is 19.0 Å². The van der Waals surface area contributed by atoms with Crippen molar-refractivity contribution < 1.29 is 13.2 Å². The molecule has 1 aromatic heterocycles. The summed E-state index contributed by atoms with van der Waals surface area (Å²) in [5.41, 5.74) is 4.62. The lowest BCUT2D eigenvalue weighted by Gasteiger charge is -2.12. The number of nitriles is 1. The fourth-order valence-corrected chi connectivity index (χ4v) is 2.34. The molecule has 0 saturated carbocycles. The molecule has 0 aliphatic heterocycles. The van der Waals surface area contributed by atoms with Gasteiger partial charge in [0.05, 0.1) is 21.2 Å². The Labute approximate surface area is 120 Å². The molecule has 2 aromatic rings. The normalized spacial score (nSPS) is 11.4. The average molecular weight is 321 g/mol. The van der Waals surface area contributed by atoms with E-state index in [2.05, 4.69) is 10.2 Å². The highest BCUT2D eigenvalue weighted by molar-refractivity contribution is 6.39. The second kappa shape index (κ2) is 4.89. The van der Waals surface area contributed by atoms with E-state index in [0.29, 0.717) is 0 Å². The minimum absolute atomic E-state index is 0.00916. The Hall–Kier alpha value is -1.91. The van der Waals surface area contributed by atoms with Crippen molar-refractivity contribution in [1.82, 2.24) is 10.2 Å². The van der Waals surface area contributed by atoms with Crippen molar-refractivity contribution in [1.29, 1.82) is 5.26 Å². The number of nitrogen functional groups attached to an aromatic ring is 1. The van der Waals surface area contributed by atoms with Crippen LogP contribution in [0.1, 0.15) is 11.3 Å². The van der Waals surface area contributed by atoms with Gasteiger partial charge in [0.15, 0.2) is 5.69 Å². The first-order valence-electron chi connectivity index (χ1n) is 5.06. The van der Waals surface area contributed by atoms with Gasteiger partial charge in [0.25, 0.3) is 0 Å². The topological polar surface area (TPSA) is 78.5 Å². The average Bonchev–Trinajstić information content (AvgIpc) is 2.69. The number of nitrogens with two attached hydrogens (primary N) is 1. The molecule has 0 saturated heterocycles. The highest BCUT2D eigenvalue weighted by Crippen LogP contribution is 2.42. The molecule has 104 valence electrons. The SMILES string of the molecule is N#Cc1n[nH]c(N)c1-c1c(Cl)cc(C(F)(F)F)cc1Cl. The third-order valence-corrected chi connectivity index (χ3v) is 3.12. The maximum Gasteiger partial charge on any atom is 0.416 e. The van der Waals surface area contributed by atoms with Crippen molar-refractivity contribution in [3.05, 3.63) is 33.4 Å². The first kappa shape index (κ1) is 14.5. The van der Waals surface area contributed by atoms with Gasteiger partial charge in [0.1, 0.15) is 11.9 Å². The number of nitrogens with zero attached hydrogens (tertiary/aromatic N) is 2. The second-order valence-corrected chi connectivity index (χ2v) is 4.60. The molecule has 20 heavy (non-hydrogen) atoms. The third kappa shape index (κ3) is 2.40.